The van der Waals surface area contributed by atoms with Crippen LogP contribution in [-0.4, -0.2) is 75.9 Å². The fourth-order valence-electron chi connectivity index (χ4n) is 5.89. The first-order chi connectivity index (χ1) is 21.0. The summed E-state index contributed by atoms with van der Waals surface area (Å²) in [5.41, 5.74) is 4.86. The highest BCUT2D eigenvalue weighted by atomic mass is 16.2. The molecular formula is C33H50N6O6. The summed E-state index contributed by atoms with van der Waals surface area (Å²) in [6.07, 6.45) is 4.29. The standard InChI is InChI=1S/C33H50N6O6/c1-18(2)21-13-15-39(26(21)30(43)36-24(16-20-11-12-20)27(41)29(34)42)31(44)28(33(5,6)7)38-32(45)37-23(19(3)4)17-25(40)22-10-8-9-14-35-22/h8-10,14,18-21,23-24,26,28H,11-13,15-17H2,1-7H3,(H2,34,42)(H,36,43)(H2,37,38,45)/t21-,23-,24?,26+,28?/m1/s1. The molecule has 1 saturated heterocycles. The third kappa shape index (κ3) is 9.58. The van der Waals surface area contributed by atoms with E-state index in [9.17, 15) is 28.8 Å². The Morgan fingerprint density at radius 2 is 1.64 bits per heavy atom. The lowest BCUT2D eigenvalue weighted by atomic mass is 9.84. The average molecular weight is 627 g/mol. The molecule has 1 saturated carbocycles. The highest BCUT2D eigenvalue weighted by Crippen LogP contribution is 2.35. The van der Waals surface area contributed by atoms with E-state index in [-0.39, 0.29) is 35.9 Å². The summed E-state index contributed by atoms with van der Waals surface area (Å²) in [5, 5.41) is 8.45. The van der Waals surface area contributed by atoms with Crippen molar-refractivity contribution < 1.29 is 28.8 Å². The van der Waals surface area contributed by atoms with Crippen molar-refractivity contribution >= 4 is 35.3 Å². The van der Waals surface area contributed by atoms with Crippen molar-refractivity contribution in [2.45, 2.75) is 105 Å². The highest BCUT2D eigenvalue weighted by Gasteiger charge is 2.48. The SMILES string of the molecule is CC(C)[C@H]1CCN(C(=O)C(NC(=O)N[C@H](CC(=O)c2ccccn2)C(C)C)C(C)(C)C)[C@@H]1C(=O)NC(CC1CC1)C(=O)C(N)=O. The van der Waals surface area contributed by atoms with Gasteiger partial charge in [0.05, 0.1) is 6.04 Å². The van der Waals surface area contributed by atoms with E-state index in [0.29, 0.717) is 25.1 Å². The van der Waals surface area contributed by atoms with Crippen LogP contribution in [0.25, 0.3) is 0 Å². The number of primary amides is 1. The number of likely N-dealkylation sites (tertiary alicyclic amines) is 1. The van der Waals surface area contributed by atoms with Crippen LogP contribution in [0.4, 0.5) is 4.79 Å². The minimum Gasteiger partial charge on any atom is -0.363 e. The number of Topliss-reactive ketones (excluding diaryl/α,β-unsaturated/α-hetero) is 2. The summed E-state index contributed by atoms with van der Waals surface area (Å²) in [6.45, 7) is 13.5. The topological polar surface area (TPSA) is 181 Å². The zero-order valence-electron chi connectivity index (χ0n) is 27.6. The third-order valence-corrected chi connectivity index (χ3v) is 8.86. The molecule has 2 heterocycles. The fraction of sp³-hybridized carbons (Fsp3) is 0.667. The molecule has 2 fully saturated rings. The number of aromatic nitrogens is 1. The molecule has 1 aliphatic heterocycles. The van der Waals surface area contributed by atoms with Crippen LogP contribution in [0, 0.1) is 29.1 Å². The molecule has 5 N–H and O–H groups in total. The summed E-state index contributed by atoms with van der Waals surface area (Å²) >= 11 is 0. The molecule has 12 nitrogen and oxygen atoms in total. The van der Waals surface area contributed by atoms with Crippen molar-refractivity contribution in [3.8, 4) is 0 Å². The number of urea groups is 1. The lowest BCUT2D eigenvalue weighted by Crippen LogP contribution is -2.61. The van der Waals surface area contributed by atoms with Gasteiger partial charge in [0.25, 0.3) is 5.91 Å². The van der Waals surface area contributed by atoms with Gasteiger partial charge in [-0.15, -0.1) is 0 Å². The van der Waals surface area contributed by atoms with Crippen LogP contribution in [0.3, 0.4) is 0 Å². The van der Waals surface area contributed by atoms with E-state index < -0.39 is 59.1 Å². The Labute approximate surface area is 266 Å². The van der Waals surface area contributed by atoms with E-state index in [1.807, 2.05) is 48.5 Å². The number of carbonyl (C=O) groups excluding carboxylic acids is 6. The number of carbonyl (C=O) groups is 6. The normalized spacial score (nSPS) is 20.3. The monoisotopic (exact) mass is 626 g/mol. The molecule has 1 aliphatic carbocycles. The van der Waals surface area contributed by atoms with Gasteiger partial charge in [0.1, 0.15) is 17.8 Å². The fourth-order valence-corrected chi connectivity index (χ4v) is 5.89. The smallest absolute Gasteiger partial charge is 0.315 e. The second-order valence-electron chi connectivity index (χ2n) is 14.3. The van der Waals surface area contributed by atoms with Gasteiger partial charge in [0, 0.05) is 25.2 Å². The summed E-state index contributed by atoms with van der Waals surface area (Å²) < 4.78 is 0. The highest BCUT2D eigenvalue weighted by molar-refractivity contribution is 6.37. The molecule has 0 bridgehead atoms. The summed E-state index contributed by atoms with van der Waals surface area (Å²) in [4.78, 5) is 84.1. The van der Waals surface area contributed by atoms with Gasteiger partial charge in [0.2, 0.25) is 17.6 Å². The van der Waals surface area contributed by atoms with Gasteiger partial charge >= 0.3 is 6.03 Å². The second kappa shape index (κ2) is 15.0. The number of hydrogen-bond donors (Lipinski definition) is 4. The molecule has 0 spiro atoms. The molecule has 1 aromatic rings. The van der Waals surface area contributed by atoms with Gasteiger partial charge in [-0.25, -0.2) is 4.79 Å². The van der Waals surface area contributed by atoms with Crippen LogP contribution < -0.4 is 21.7 Å². The van der Waals surface area contributed by atoms with E-state index >= 15 is 0 Å². The molecule has 1 aromatic heterocycles. The van der Waals surface area contributed by atoms with Crippen molar-refractivity contribution in [3.05, 3.63) is 30.1 Å². The Bertz CT molecular complexity index is 1260. The maximum atomic E-state index is 14.2. The maximum Gasteiger partial charge on any atom is 0.315 e. The molecule has 0 aromatic carbocycles. The quantitative estimate of drug-likeness (QED) is 0.181. The molecule has 2 unspecified atom stereocenters. The van der Waals surface area contributed by atoms with Crippen LogP contribution in [0.2, 0.25) is 0 Å². The second-order valence-corrected chi connectivity index (χ2v) is 14.3. The van der Waals surface area contributed by atoms with Crippen LogP contribution in [0.15, 0.2) is 24.4 Å². The zero-order valence-corrected chi connectivity index (χ0v) is 27.6. The number of pyridine rings is 1. The van der Waals surface area contributed by atoms with E-state index in [4.69, 9.17) is 5.73 Å². The van der Waals surface area contributed by atoms with Gasteiger partial charge in [-0.2, -0.15) is 0 Å². The lowest BCUT2D eigenvalue weighted by molar-refractivity contribution is -0.144. The van der Waals surface area contributed by atoms with E-state index in [1.54, 1.807) is 18.2 Å². The Balaban J connectivity index is 1.79. The number of ketones is 2. The number of nitrogens with zero attached hydrogens (tertiary/aromatic N) is 2. The molecule has 5 amide bonds. The molecule has 0 radical (unpaired) electrons. The molecule has 248 valence electrons. The zero-order chi connectivity index (χ0) is 33.6. The molecule has 2 aliphatic rings. The van der Waals surface area contributed by atoms with Crippen molar-refractivity contribution in [2.24, 2.45) is 34.8 Å². The van der Waals surface area contributed by atoms with Crippen LogP contribution in [-0.2, 0) is 19.2 Å². The summed E-state index contributed by atoms with van der Waals surface area (Å²) in [5.74, 6) is -3.10. The van der Waals surface area contributed by atoms with Crippen LogP contribution in [0.1, 0.15) is 91.1 Å². The van der Waals surface area contributed by atoms with E-state index in [2.05, 4.69) is 20.9 Å². The Morgan fingerprint density at radius 1 is 0.978 bits per heavy atom. The van der Waals surface area contributed by atoms with E-state index in [0.717, 1.165) is 12.8 Å². The van der Waals surface area contributed by atoms with Crippen molar-refractivity contribution in [1.82, 2.24) is 25.8 Å². The first-order valence-corrected chi connectivity index (χ1v) is 16.0. The molecule has 45 heavy (non-hydrogen) atoms. The minimum absolute atomic E-state index is 0.0344. The largest absolute Gasteiger partial charge is 0.363 e. The number of nitrogens with one attached hydrogen (secondary N) is 3. The Kier molecular flexibility index (Phi) is 11.9. The van der Waals surface area contributed by atoms with Gasteiger partial charge in [-0.05, 0) is 54.1 Å². The van der Waals surface area contributed by atoms with Gasteiger partial charge in [-0.3, -0.25) is 29.0 Å². The molecular weight excluding hydrogens is 576 g/mol. The minimum atomic E-state index is -1.11. The van der Waals surface area contributed by atoms with Crippen molar-refractivity contribution in [2.75, 3.05) is 6.54 Å². The van der Waals surface area contributed by atoms with Crippen LogP contribution >= 0.6 is 0 Å². The molecule has 5 atom stereocenters. The first-order valence-electron chi connectivity index (χ1n) is 16.0. The molecule has 3 rings (SSSR count). The predicted molar refractivity (Wildman–Crippen MR) is 169 cm³/mol. The number of amides is 5. The van der Waals surface area contributed by atoms with E-state index in [1.165, 1.54) is 11.1 Å². The van der Waals surface area contributed by atoms with Gasteiger partial charge in [-0.1, -0.05) is 67.4 Å². The Hall–Kier alpha value is -3.83. The lowest BCUT2D eigenvalue weighted by Gasteiger charge is -2.37. The van der Waals surface area contributed by atoms with Gasteiger partial charge < -0.3 is 26.6 Å². The summed E-state index contributed by atoms with van der Waals surface area (Å²) in [6, 6.07) is 1.00. The van der Waals surface area contributed by atoms with Crippen molar-refractivity contribution in [3.63, 3.8) is 0 Å². The first kappa shape index (κ1) is 35.6. The van der Waals surface area contributed by atoms with Gasteiger partial charge in [0.15, 0.2) is 5.78 Å². The molecule has 12 heteroatoms. The summed E-state index contributed by atoms with van der Waals surface area (Å²) in [7, 11) is 0. The number of hydrogen-bond acceptors (Lipinski definition) is 7. The average Bonchev–Trinajstić information content (AvgIpc) is 3.67. The van der Waals surface area contributed by atoms with Crippen LogP contribution in [0.5, 0.6) is 0 Å². The number of rotatable bonds is 14. The van der Waals surface area contributed by atoms with Crippen molar-refractivity contribution in [1.29, 1.82) is 0 Å². The number of nitrogens with two attached hydrogens (primary N) is 1. The predicted octanol–water partition coefficient (Wildman–Crippen LogP) is 2.61. The Morgan fingerprint density at radius 3 is 2.16 bits per heavy atom. The third-order valence-electron chi connectivity index (χ3n) is 8.86. The maximum absolute atomic E-state index is 14.2.